The molecule has 0 fully saturated rings. The van der Waals surface area contributed by atoms with E-state index in [0.29, 0.717) is 6.54 Å². The van der Waals surface area contributed by atoms with Crippen LogP contribution in [0.3, 0.4) is 0 Å². The number of rotatable bonds is 5. The Kier molecular flexibility index (Phi) is 4.06. The van der Waals surface area contributed by atoms with Crippen LogP contribution in [-0.4, -0.2) is 11.5 Å². The van der Waals surface area contributed by atoms with Gasteiger partial charge in [-0.15, -0.1) is 11.3 Å². The minimum Gasteiger partial charge on any atom is -0.361 e. The van der Waals surface area contributed by atoms with E-state index in [0.717, 1.165) is 28.5 Å². The fourth-order valence-electron chi connectivity index (χ4n) is 1.49. The first-order valence-electron chi connectivity index (χ1n) is 5.41. The molecule has 0 aliphatic rings. The van der Waals surface area contributed by atoms with Crippen LogP contribution in [0, 0.1) is 5.82 Å². The Morgan fingerprint density at radius 3 is 3.00 bits per heavy atom. The second kappa shape index (κ2) is 5.75. The van der Waals surface area contributed by atoms with Crippen molar-refractivity contribution >= 4 is 16.5 Å². The molecule has 5 heteroatoms. The van der Waals surface area contributed by atoms with E-state index in [2.05, 4.69) is 10.3 Å². The first kappa shape index (κ1) is 12.0. The molecule has 0 amide bonds. The summed E-state index contributed by atoms with van der Waals surface area (Å²) in [5, 5.41) is 4.06. The molecule has 0 bridgehead atoms. The Morgan fingerprint density at radius 2 is 2.29 bits per heavy atom. The third kappa shape index (κ3) is 3.51. The minimum atomic E-state index is -0.192. The van der Waals surface area contributed by atoms with E-state index >= 15 is 0 Å². The molecule has 1 heterocycles. The van der Waals surface area contributed by atoms with Crippen LogP contribution in [0.2, 0.25) is 0 Å². The van der Waals surface area contributed by atoms with Gasteiger partial charge in [0.25, 0.3) is 0 Å². The van der Waals surface area contributed by atoms with E-state index in [1.165, 1.54) is 6.07 Å². The maximum atomic E-state index is 12.9. The van der Waals surface area contributed by atoms with Gasteiger partial charge in [0.05, 0.1) is 0 Å². The monoisotopic (exact) mass is 251 g/mol. The van der Waals surface area contributed by atoms with E-state index in [-0.39, 0.29) is 5.82 Å². The van der Waals surface area contributed by atoms with Crippen LogP contribution in [0.4, 0.5) is 9.52 Å². The predicted molar refractivity (Wildman–Crippen MR) is 68.6 cm³/mol. The Labute approximate surface area is 103 Å². The number of nitrogens with two attached hydrogens (primary N) is 1. The maximum absolute atomic E-state index is 12.9. The molecule has 0 spiro atoms. The van der Waals surface area contributed by atoms with Gasteiger partial charge in [0.1, 0.15) is 5.82 Å². The van der Waals surface area contributed by atoms with Gasteiger partial charge in [-0.25, -0.2) is 9.37 Å². The van der Waals surface area contributed by atoms with E-state index in [1.807, 2.05) is 6.07 Å². The molecule has 3 N–H and O–H groups in total. The van der Waals surface area contributed by atoms with E-state index in [4.69, 9.17) is 5.73 Å². The average Bonchev–Trinajstić information content (AvgIpc) is 2.77. The lowest BCUT2D eigenvalue weighted by Crippen LogP contribution is -2.04. The number of thiazole rings is 1. The average molecular weight is 251 g/mol. The van der Waals surface area contributed by atoms with Gasteiger partial charge in [-0.1, -0.05) is 12.1 Å². The predicted octanol–water partition coefficient (Wildman–Crippen LogP) is 2.40. The van der Waals surface area contributed by atoms with Crippen LogP contribution in [0.5, 0.6) is 0 Å². The zero-order chi connectivity index (χ0) is 12.1. The lowest BCUT2D eigenvalue weighted by molar-refractivity contribution is 0.625. The summed E-state index contributed by atoms with van der Waals surface area (Å²) >= 11 is 1.55. The van der Waals surface area contributed by atoms with Crippen molar-refractivity contribution in [1.29, 1.82) is 0 Å². The third-order valence-corrected chi connectivity index (χ3v) is 3.31. The summed E-state index contributed by atoms with van der Waals surface area (Å²) in [5.41, 5.74) is 6.48. The Bertz CT molecular complexity index is 484. The molecule has 0 saturated carbocycles. The fraction of sp³-hybridized carbons (Fsp3) is 0.250. The molecule has 0 aliphatic heterocycles. The van der Waals surface area contributed by atoms with Crippen LogP contribution in [0.25, 0.3) is 0 Å². The van der Waals surface area contributed by atoms with Gasteiger partial charge < -0.3 is 11.1 Å². The molecular formula is C12H14FN3S. The third-order valence-electron chi connectivity index (χ3n) is 2.33. The van der Waals surface area contributed by atoms with Crippen LogP contribution < -0.4 is 11.1 Å². The highest BCUT2D eigenvalue weighted by Gasteiger charge is 2.00. The highest BCUT2D eigenvalue weighted by Crippen LogP contribution is 2.17. The normalized spacial score (nSPS) is 10.5. The van der Waals surface area contributed by atoms with E-state index < -0.39 is 0 Å². The first-order chi connectivity index (χ1) is 8.28. The zero-order valence-electron chi connectivity index (χ0n) is 9.32. The SMILES string of the molecule is NCc1cnc(NCCc2cccc(F)c2)s1. The zero-order valence-corrected chi connectivity index (χ0v) is 10.1. The summed E-state index contributed by atoms with van der Waals surface area (Å²) < 4.78 is 12.9. The van der Waals surface area contributed by atoms with Crippen LogP contribution in [-0.2, 0) is 13.0 Å². The summed E-state index contributed by atoms with van der Waals surface area (Å²) in [6.45, 7) is 1.25. The van der Waals surface area contributed by atoms with Crippen molar-refractivity contribution in [1.82, 2.24) is 4.98 Å². The Balaban J connectivity index is 1.83. The maximum Gasteiger partial charge on any atom is 0.182 e. The van der Waals surface area contributed by atoms with Crippen molar-refractivity contribution in [3.63, 3.8) is 0 Å². The summed E-state index contributed by atoms with van der Waals surface area (Å²) in [7, 11) is 0. The number of aromatic nitrogens is 1. The van der Waals surface area contributed by atoms with Crippen molar-refractivity contribution in [2.45, 2.75) is 13.0 Å². The molecule has 2 rings (SSSR count). The van der Waals surface area contributed by atoms with Gasteiger partial charge in [-0.2, -0.15) is 0 Å². The largest absolute Gasteiger partial charge is 0.361 e. The molecule has 90 valence electrons. The van der Waals surface area contributed by atoms with Gasteiger partial charge in [0.2, 0.25) is 0 Å². The first-order valence-corrected chi connectivity index (χ1v) is 6.22. The summed E-state index contributed by atoms with van der Waals surface area (Å²) in [6.07, 6.45) is 2.55. The van der Waals surface area contributed by atoms with Crippen molar-refractivity contribution in [3.05, 3.63) is 46.7 Å². The lowest BCUT2D eigenvalue weighted by atomic mass is 10.1. The minimum absolute atomic E-state index is 0.192. The molecule has 1 aromatic heterocycles. The van der Waals surface area contributed by atoms with Crippen molar-refractivity contribution in [2.24, 2.45) is 5.73 Å². The fourth-order valence-corrected chi connectivity index (χ4v) is 2.21. The highest BCUT2D eigenvalue weighted by molar-refractivity contribution is 7.15. The molecule has 3 nitrogen and oxygen atoms in total. The summed E-state index contributed by atoms with van der Waals surface area (Å²) in [6, 6.07) is 6.64. The van der Waals surface area contributed by atoms with Crippen LogP contribution in [0.15, 0.2) is 30.5 Å². The number of hydrogen-bond donors (Lipinski definition) is 2. The molecule has 0 unspecified atom stereocenters. The van der Waals surface area contributed by atoms with Crippen LogP contribution in [0.1, 0.15) is 10.4 Å². The molecule has 0 atom stereocenters. The van der Waals surface area contributed by atoms with Gasteiger partial charge >= 0.3 is 0 Å². The Hall–Kier alpha value is -1.46. The second-order valence-electron chi connectivity index (χ2n) is 3.64. The number of benzene rings is 1. The lowest BCUT2D eigenvalue weighted by Gasteiger charge is -2.02. The van der Waals surface area contributed by atoms with Crippen molar-refractivity contribution in [2.75, 3.05) is 11.9 Å². The topological polar surface area (TPSA) is 50.9 Å². The quantitative estimate of drug-likeness (QED) is 0.858. The number of nitrogens with one attached hydrogen (secondary N) is 1. The highest BCUT2D eigenvalue weighted by atomic mass is 32.1. The summed E-state index contributed by atoms with van der Waals surface area (Å²) in [5.74, 6) is -0.192. The molecule has 0 radical (unpaired) electrons. The summed E-state index contributed by atoms with van der Waals surface area (Å²) in [4.78, 5) is 5.24. The number of nitrogens with zero attached hydrogens (tertiary/aromatic N) is 1. The van der Waals surface area contributed by atoms with Gasteiger partial charge in [-0.3, -0.25) is 0 Å². The molecule has 0 saturated heterocycles. The standard InChI is InChI=1S/C12H14FN3S/c13-10-3-1-2-9(6-10)4-5-15-12-16-8-11(7-14)17-12/h1-3,6,8H,4-5,7,14H2,(H,15,16). The molecular weight excluding hydrogens is 237 g/mol. The van der Waals surface area contributed by atoms with Crippen LogP contribution >= 0.6 is 11.3 Å². The number of hydrogen-bond acceptors (Lipinski definition) is 4. The van der Waals surface area contributed by atoms with E-state index in [9.17, 15) is 4.39 Å². The molecule has 2 aromatic rings. The smallest absolute Gasteiger partial charge is 0.182 e. The van der Waals surface area contributed by atoms with E-state index in [1.54, 1.807) is 29.7 Å². The molecule has 1 aromatic carbocycles. The van der Waals surface area contributed by atoms with Gasteiger partial charge in [0.15, 0.2) is 5.13 Å². The molecule has 0 aliphatic carbocycles. The van der Waals surface area contributed by atoms with Gasteiger partial charge in [-0.05, 0) is 24.1 Å². The van der Waals surface area contributed by atoms with Crippen molar-refractivity contribution < 1.29 is 4.39 Å². The number of anilines is 1. The van der Waals surface area contributed by atoms with Gasteiger partial charge in [0, 0.05) is 24.2 Å². The molecule has 17 heavy (non-hydrogen) atoms. The second-order valence-corrected chi connectivity index (χ2v) is 4.76. The Morgan fingerprint density at radius 1 is 1.41 bits per heavy atom. The number of halogens is 1. The van der Waals surface area contributed by atoms with Crippen molar-refractivity contribution in [3.8, 4) is 0 Å².